The predicted molar refractivity (Wildman–Crippen MR) is 39.8 cm³/mol. The molecular formula is C8H11NO2. The van der Waals surface area contributed by atoms with Gasteiger partial charge in [0.15, 0.2) is 0 Å². The Labute approximate surface area is 65.6 Å². The number of hydrogen-bond acceptors (Lipinski definition) is 2. The lowest BCUT2D eigenvalue weighted by atomic mass is 10.1. The maximum absolute atomic E-state index is 11.3. The van der Waals surface area contributed by atoms with Gasteiger partial charge in [0.05, 0.1) is 19.1 Å². The summed E-state index contributed by atoms with van der Waals surface area (Å²) in [5, 5.41) is 0. The molecule has 2 rings (SSSR count). The van der Waals surface area contributed by atoms with E-state index in [9.17, 15) is 4.79 Å². The number of amides is 1. The van der Waals surface area contributed by atoms with Crippen LogP contribution in [0.4, 0.5) is 0 Å². The minimum absolute atomic E-state index is 0.0532. The van der Waals surface area contributed by atoms with Crippen molar-refractivity contribution in [2.45, 2.75) is 6.92 Å². The second-order valence-electron chi connectivity index (χ2n) is 3.08. The number of rotatable bonds is 0. The summed E-state index contributed by atoms with van der Waals surface area (Å²) in [5.41, 5.74) is 2.26. The molecular weight excluding hydrogens is 142 g/mol. The highest BCUT2D eigenvalue weighted by Crippen LogP contribution is 2.32. The summed E-state index contributed by atoms with van der Waals surface area (Å²) in [6.45, 7) is 3.20. The molecule has 2 heterocycles. The van der Waals surface area contributed by atoms with Gasteiger partial charge in [0.25, 0.3) is 0 Å². The predicted octanol–water partition coefficient (Wildman–Crippen LogP) is 0.379. The van der Waals surface area contributed by atoms with Gasteiger partial charge in [-0.15, -0.1) is 0 Å². The molecule has 0 aliphatic carbocycles. The molecule has 0 N–H and O–H groups in total. The standard InChI is InChI=1S/C8H11NO2/c1-5-6-3-11-4-7(6)9(2)8(5)10/h5H,3-4H2,1-2H3. The topological polar surface area (TPSA) is 29.5 Å². The van der Waals surface area contributed by atoms with Crippen molar-refractivity contribution < 1.29 is 9.53 Å². The molecule has 0 aromatic rings. The molecule has 1 atom stereocenters. The van der Waals surface area contributed by atoms with Crippen LogP contribution in [0.25, 0.3) is 0 Å². The molecule has 0 aromatic carbocycles. The summed E-state index contributed by atoms with van der Waals surface area (Å²) >= 11 is 0. The van der Waals surface area contributed by atoms with E-state index in [2.05, 4.69) is 0 Å². The van der Waals surface area contributed by atoms with Crippen molar-refractivity contribution >= 4 is 5.91 Å². The number of nitrogens with zero attached hydrogens (tertiary/aromatic N) is 1. The molecule has 3 heteroatoms. The van der Waals surface area contributed by atoms with E-state index in [1.54, 1.807) is 4.90 Å². The van der Waals surface area contributed by atoms with Crippen LogP contribution in [0.15, 0.2) is 11.3 Å². The summed E-state index contributed by atoms with van der Waals surface area (Å²) < 4.78 is 5.23. The third-order valence-electron chi connectivity index (χ3n) is 2.50. The van der Waals surface area contributed by atoms with Crippen molar-refractivity contribution in [3.05, 3.63) is 11.3 Å². The van der Waals surface area contributed by atoms with Crippen LogP contribution < -0.4 is 0 Å². The maximum Gasteiger partial charge on any atom is 0.233 e. The number of likely N-dealkylation sites (N-methyl/N-ethyl adjacent to an activating group) is 1. The Morgan fingerprint density at radius 3 is 2.91 bits per heavy atom. The molecule has 11 heavy (non-hydrogen) atoms. The van der Waals surface area contributed by atoms with Crippen molar-refractivity contribution in [2.24, 2.45) is 5.92 Å². The summed E-state index contributed by atoms with van der Waals surface area (Å²) in [7, 11) is 1.82. The molecule has 60 valence electrons. The first-order valence-electron chi connectivity index (χ1n) is 3.79. The number of carbonyl (C=O) groups is 1. The van der Waals surface area contributed by atoms with E-state index in [4.69, 9.17) is 4.74 Å². The molecule has 0 bridgehead atoms. The van der Waals surface area contributed by atoms with Gasteiger partial charge in [0.2, 0.25) is 5.91 Å². The minimum atomic E-state index is 0.0532. The van der Waals surface area contributed by atoms with E-state index >= 15 is 0 Å². The van der Waals surface area contributed by atoms with Gasteiger partial charge in [0.1, 0.15) is 0 Å². The maximum atomic E-state index is 11.3. The van der Waals surface area contributed by atoms with E-state index in [0.29, 0.717) is 13.2 Å². The quantitative estimate of drug-likeness (QED) is 0.503. The Hall–Kier alpha value is -0.830. The van der Waals surface area contributed by atoms with Crippen molar-refractivity contribution in [3.8, 4) is 0 Å². The first-order valence-corrected chi connectivity index (χ1v) is 3.79. The number of carbonyl (C=O) groups excluding carboxylic acids is 1. The average molecular weight is 153 g/mol. The highest BCUT2D eigenvalue weighted by Gasteiger charge is 2.36. The second kappa shape index (κ2) is 2.08. The van der Waals surface area contributed by atoms with Gasteiger partial charge in [-0.2, -0.15) is 0 Å². The lowest BCUT2D eigenvalue weighted by Crippen LogP contribution is -2.25. The van der Waals surface area contributed by atoms with Crippen LogP contribution in [-0.4, -0.2) is 31.1 Å². The summed E-state index contributed by atoms with van der Waals surface area (Å²) in [6.07, 6.45) is 0. The molecule has 0 aromatic heterocycles. The van der Waals surface area contributed by atoms with Crippen LogP contribution in [-0.2, 0) is 9.53 Å². The molecule has 0 saturated heterocycles. The zero-order valence-electron chi connectivity index (χ0n) is 6.76. The highest BCUT2D eigenvalue weighted by molar-refractivity contribution is 5.86. The normalized spacial score (nSPS) is 30.2. The van der Waals surface area contributed by atoms with Gasteiger partial charge in [-0.3, -0.25) is 4.79 Å². The molecule has 2 aliphatic heterocycles. The molecule has 1 amide bonds. The molecule has 1 unspecified atom stereocenters. The fourth-order valence-electron chi connectivity index (χ4n) is 1.69. The second-order valence-corrected chi connectivity index (χ2v) is 3.08. The largest absolute Gasteiger partial charge is 0.371 e. The van der Waals surface area contributed by atoms with Crippen molar-refractivity contribution in [1.29, 1.82) is 0 Å². The van der Waals surface area contributed by atoms with E-state index in [1.807, 2.05) is 14.0 Å². The van der Waals surface area contributed by atoms with Gasteiger partial charge in [0, 0.05) is 12.7 Å². The van der Waals surface area contributed by atoms with Gasteiger partial charge in [-0.1, -0.05) is 0 Å². The fraction of sp³-hybridized carbons (Fsp3) is 0.625. The Bertz CT molecular complexity index is 222. The summed E-state index contributed by atoms with van der Waals surface area (Å²) in [4.78, 5) is 13.1. The van der Waals surface area contributed by atoms with Gasteiger partial charge in [-0.05, 0) is 12.5 Å². The van der Waals surface area contributed by atoms with Crippen LogP contribution in [0.5, 0.6) is 0 Å². The zero-order valence-corrected chi connectivity index (χ0v) is 6.76. The SMILES string of the molecule is CC1C(=O)N(C)C2=C1COC2. The number of ether oxygens (including phenoxy) is 1. The zero-order chi connectivity index (χ0) is 8.01. The van der Waals surface area contributed by atoms with Gasteiger partial charge in [-0.25, -0.2) is 0 Å². The first-order chi connectivity index (χ1) is 5.22. The molecule has 0 fully saturated rings. The Morgan fingerprint density at radius 1 is 1.55 bits per heavy atom. The number of hydrogen-bond donors (Lipinski definition) is 0. The van der Waals surface area contributed by atoms with Crippen molar-refractivity contribution in [3.63, 3.8) is 0 Å². The van der Waals surface area contributed by atoms with E-state index in [1.165, 1.54) is 5.57 Å². The van der Waals surface area contributed by atoms with Crippen LogP contribution in [0, 0.1) is 5.92 Å². The molecule has 0 radical (unpaired) electrons. The third kappa shape index (κ3) is 0.744. The molecule has 3 nitrogen and oxygen atoms in total. The van der Waals surface area contributed by atoms with Crippen LogP contribution in [0.1, 0.15) is 6.92 Å². The lowest BCUT2D eigenvalue weighted by molar-refractivity contribution is -0.129. The Kier molecular flexibility index (Phi) is 1.29. The van der Waals surface area contributed by atoms with Crippen LogP contribution >= 0.6 is 0 Å². The van der Waals surface area contributed by atoms with E-state index < -0.39 is 0 Å². The Balaban J connectivity index is 2.37. The van der Waals surface area contributed by atoms with E-state index in [-0.39, 0.29) is 11.8 Å². The van der Waals surface area contributed by atoms with Crippen LogP contribution in [0.2, 0.25) is 0 Å². The van der Waals surface area contributed by atoms with E-state index in [0.717, 1.165) is 5.70 Å². The fourth-order valence-corrected chi connectivity index (χ4v) is 1.69. The average Bonchev–Trinajstić information content (AvgIpc) is 2.53. The highest BCUT2D eigenvalue weighted by atomic mass is 16.5. The summed E-state index contributed by atoms with van der Waals surface area (Å²) in [6, 6.07) is 0. The first kappa shape index (κ1) is 6.85. The van der Waals surface area contributed by atoms with Crippen molar-refractivity contribution in [1.82, 2.24) is 4.90 Å². The van der Waals surface area contributed by atoms with Gasteiger partial charge >= 0.3 is 0 Å². The van der Waals surface area contributed by atoms with Crippen LogP contribution in [0.3, 0.4) is 0 Å². The third-order valence-corrected chi connectivity index (χ3v) is 2.50. The summed E-state index contributed by atoms with van der Waals surface area (Å²) in [5.74, 6) is 0.260. The molecule has 0 saturated carbocycles. The van der Waals surface area contributed by atoms with Gasteiger partial charge < -0.3 is 9.64 Å². The minimum Gasteiger partial charge on any atom is -0.371 e. The monoisotopic (exact) mass is 153 g/mol. The van der Waals surface area contributed by atoms with Crippen molar-refractivity contribution in [2.75, 3.05) is 20.3 Å². The smallest absolute Gasteiger partial charge is 0.233 e. The molecule has 0 spiro atoms. The Morgan fingerprint density at radius 2 is 2.27 bits per heavy atom. The molecule has 2 aliphatic rings. The lowest BCUT2D eigenvalue weighted by Gasteiger charge is -2.13.